The van der Waals surface area contributed by atoms with Crippen molar-refractivity contribution in [1.29, 1.82) is 0 Å². The Labute approximate surface area is 121 Å². The first-order valence-corrected chi connectivity index (χ1v) is 8.85. The molecule has 1 fully saturated rings. The van der Waals surface area contributed by atoms with Crippen molar-refractivity contribution in [3.8, 4) is 0 Å². The summed E-state index contributed by atoms with van der Waals surface area (Å²) in [4.78, 5) is 0.253. The number of aromatic nitrogens is 2. The maximum Gasteiger partial charge on any atom is 0.243 e. The van der Waals surface area contributed by atoms with E-state index in [-0.39, 0.29) is 4.90 Å². The van der Waals surface area contributed by atoms with Crippen LogP contribution in [0.1, 0.15) is 39.0 Å². The van der Waals surface area contributed by atoms with Crippen LogP contribution in [0.2, 0.25) is 0 Å². The maximum absolute atomic E-state index is 12.0. The summed E-state index contributed by atoms with van der Waals surface area (Å²) < 4.78 is 28.2. The van der Waals surface area contributed by atoms with Crippen molar-refractivity contribution in [2.24, 2.45) is 0 Å². The van der Waals surface area contributed by atoms with Gasteiger partial charge < -0.3 is 5.32 Å². The van der Waals surface area contributed by atoms with E-state index in [1.165, 1.54) is 19.0 Å². The lowest BCUT2D eigenvalue weighted by Gasteiger charge is -2.04. The van der Waals surface area contributed by atoms with Gasteiger partial charge in [0.05, 0.1) is 6.20 Å². The van der Waals surface area contributed by atoms with Gasteiger partial charge in [-0.05, 0) is 32.2 Å². The van der Waals surface area contributed by atoms with Gasteiger partial charge in [0.1, 0.15) is 4.90 Å². The monoisotopic (exact) mass is 300 g/mol. The smallest absolute Gasteiger partial charge is 0.243 e. The van der Waals surface area contributed by atoms with Crippen LogP contribution in [0.3, 0.4) is 0 Å². The van der Waals surface area contributed by atoms with Crippen molar-refractivity contribution in [1.82, 2.24) is 19.8 Å². The quantitative estimate of drug-likeness (QED) is 0.635. The van der Waals surface area contributed by atoms with E-state index in [4.69, 9.17) is 0 Å². The molecule has 0 aliphatic heterocycles. The number of nitrogens with zero attached hydrogens (tertiary/aromatic N) is 2. The summed E-state index contributed by atoms with van der Waals surface area (Å²) in [6, 6.07) is 0.714. The van der Waals surface area contributed by atoms with Crippen molar-refractivity contribution in [2.45, 2.75) is 56.5 Å². The number of hydrogen-bond donors (Lipinski definition) is 2. The summed E-state index contributed by atoms with van der Waals surface area (Å²) in [5.74, 6) is 0. The van der Waals surface area contributed by atoms with Gasteiger partial charge >= 0.3 is 0 Å². The Bertz CT molecular complexity index is 508. The van der Waals surface area contributed by atoms with Gasteiger partial charge in [-0.25, -0.2) is 13.1 Å². The molecule has 1 heterocycles. The summed E-state index contributed by atoms with van der Waals surface area (Å²) >= 11 is 0. The van der Waals surface area contributed by atoms with Crippen LogP contribution in [0, 0.1) is 0 Å². The maximum atomic E-state index is 12.0. The minimum atomic E-state index is -3.39. The molecular formula is C13H24N4O2S. The Balaban J connectivity index is 1.77. The Hall–Kier alpha value is -0.920. The van der Waals surface area contributed by atoms with Crippen LogP contribution in [0.4, 0.5) is 0 Å². The first-order chi connectivity index (χ1) is 9.62. The Kier molecular flexibility index (Phi) is 5.56. The molecule has 0 bridgehead atoms. The second-order valence-electron chi connectivity index (χ2n) is 5.27. The van der Waals surface area contributed by atoms with Gasteiger partial charge in [0.2, 0.25) is 10.0 Å². The Morgan fingerprint density at radius 1 is 1.35 bits per heavy atom. The Morgan fingerprint density at radius 2 is 2.15 bits per heavy atom. The highest BCUT2D eigenvalue weighted by Gasteiger charge is 2.19. The molecular weight excluding hydrogens is 276 g/mol. The topological polar surface area (TPSA) is 76.0 Å². The lowest BCUT2D eigenvalue weighted by molar-refractivity contribution is 0.541. The number of aryl methyl sites for hydroxylation is 1. The van der Waals surface area contributed by atoms with Crippen molar-refractivity contribution in [3.63, 3.8) is 0 Å². The van der Waals surface area contributed by atoms with Crippen molar-refractivity contribution < 1.29 is 8.42 Å². The zero-order valence-electron chi connectivity index (χ0n) is 12.0. The molecule has 0 unspecified atom stereocenters. The van der Waals surface area contributed by atoms with E-state index in [1.54, 1.807) is 10.9 Å². The van der Waals surface area contributed by atoms with E-state index in [2.05, 4.69) is 15.1 Å². The van der Waals surface area contributed by atoms with Gasteiger partial charge in [-0.1, -0.05) is 13.3 Å². The molecule has 1 saturated carbocycles. The largest absolute Gasteiger partial charge is 0.314 e. The van der Waals surface area contributed by atoms with Gasteiger partial charge in [0.15, 0.2) is 0 Å². The van der Waals surface area contributed by atoms with Crippen LogP contribution in [-0.4, -0.2) is 37.3 Å². The summed E-state index contributed by atoms with van der Waals surface area (Å²) in [5, 5.41) is 7.54. The van der Waals surface area contributed by atoms with E-state index in [1.807, 2.05) is 6.92 Å². The third-order valence-corrected chi connectivity index (χ3v) is 4.73. The molecule has 0 amide bonds. The van der Waals surface area contributed by atoms with Crippen LogP contribution in [0.5, 0.6) is 0 Å². The fraction of sp³-hybridized carbons (Fsp3) is 0.769. The molecule has 1 aliphatic rings. The first kappa shape index (κ1) is 15.5. The number of unbranched alkanes of at least 4 members (excludes halogenated alkanes) is 1. The molecule has 2 rings (SSSR count). The summed E-state index contributed by atoms with van der Waals surface area (Å²) in [6.45, 7) is 4.21. The predicted octanol–water partition coefficient (Wildman–Crippen LogP) is 1.10. The van der Waals surface area contributed by atoms with Gasteiger partial charge in [-0.3, -0.25) is 4.68 Å². The Morgan fingerprint density at radius 3 is 2.85 bits per heavy atom. The molecule has 0 aromatic carbocycles. The standard InChI is InChI=1S/C13H24N4O2S/c1-2-3-8-16-20(18,19)13-10-15-17(11-13)9-4-7-14-12-5-6-12/h10-12,14,16H,2-9H2,1H3. The second-order valence-corrected chi connectivity index (χ2v) is 7.04. The predicted molar refractivity (Wildman–Crippen MR) is 78.0 cm³/mol. The molecule has 114 valence electrons. The molecule has 20 heavy (non-hydrogen) atoms. The highest BCUT2D eigenvalue weighted by Crippen LogP contribution is 2.18. The molecule has 1 aromatic rings. The SMILES string of the molecule is CCCCNS(=O)(=O)c1cnn(CCCNC2CC2)c1. The van der Waals surface area contributed by atoms with Gasteiger partial charge in [-0.15, -0.1) is 0 Å². The molecule has 1 aromatic heterocycles. The zero-order chi connectivity index (χ0) is 14.4. The van der Waals surface area contributed by atoms with Gasteiger partial charge in [-0.2, -0.15) is 5.10 Å². The van der Waals surface area contributed by atoms with Crippen molar-refractivity contribution in [2.75, 3.05) is 13.1 Å². The molecule has 0 spiro atoms. The zero-order valence-corrected chi connectivity index (χ0v) is 12.8. The molecule has 0 radical (unpaired) electrons. The van der Waals surface area contributed by atoms with E-state index in [0.717, 1.165) is 32.4 Å². The van der Waals surface area contributed by atoms with E-state index in [9.17, 15) is 8.42 Å². The molecule has 0 saturated heterocycles. The average Bonchev–Trinajstić information content (AvgIpc) is 3.11. The highest BCUT2D eigenvalue weighted by molar-refractivity contribution is 7.89. The fourth-order valence-electron chi connectivity index (χ4n) is 1.91. The van der Waals surface area contributed by atoms with Crippen LogP contribution in [-0.2, 0) is 16.6 Å². The third-order valence-electron chi connectivity index (χ3n) is 3.32. The van der Waals surface area contributed by atoms with Crippen LogP contribution in [0.15, 0.2) is 17.3 Å². The highest BCUT2D eigenvalue weighted by atomic mass is 32.2. The van der Waals surface area contributed by atoms with E-state index >= 15 is 0 Å². The summed E-state index contributed by atoms with van der Waals surface area (Å²) in [7, 11) is -3.39. The first-order valence-electron chi connectivity index (χ1n) is 7.37. The second kappa shape index (κ2) is 7.19. The van der Waals surface area contributed by atoms with Crippen molar-refractivity contribution in [3.05, 3.63) is 12.4 Å². The van der Waals surface area contributed by atoms with Gasteiger partial charge in [0.25, 0.3) is 0 Å². The van der Waals surface area contributed by atoms with E-state index in [0.29, 0.717) is 12.6 Å². The minimum absolute atomic E-state index is 0.253. The van der Waals surface area contributed by atoms with E-state index < -0.39 is 10.0 Å². The number of hydrogen-bond acceptors (Lipinski definition) is 4. The van der Waals surface area contributed by atoms with Crippen molar-refractivity contribution >= 4 is 10.0 Å². The lowest BCUT2D eigenvalue weighted by atomic mass is 10.3. The molecule has 6 nitrogen and oxygen atoms in total. The molecule has 2 N–H and O–H groups in total. The molecule has 1 aliphatic carbocycles. The van der Waals surface area contributed by atoms with Crippen LogP contribution in [0.25, 0.3) is 0 Å². The minimum Gasteiger partial charge on any atom is -0.314 e. The lowest BCUT2D eigenvalue weighted by Crippen LogP contribution is -2.24. The van der Waals surface area contributed by atoms with Crippen LogP contribution >= 0.6 is 0 Å². The normalized spacial score (nSPS) is 15.7. The van der Waals surface area contributed by atoms with Crippen LogP contribution < -0.4 is 10.0 Å². The summed E-state index contributed by atoms with van der Waals surface area (Å²) in [6.07, 6.45) is 8.37. The number of nitrogens with one attached hydrogen (secondary N) is 2. The van der Waals surface area contributed by atoms with Gasteiger partial charge in [0, 0.05) is 25.3 Å². The third kappa shape index (κ3) is 4.88. The number of rotatable bonds is 10. The summed E-state index contributed by atoms with van der Waals surface area (Å²) in [5.41, 5.74) is 0. The average molecular weight is 300 g/mol. The fourth-order valence-corrected chi connectivity index (χ4v) is 2.93. The molecule has 0 atom stereocenters. The number of sulfonamides is 1. The molecule has 7 heteroatoms.